The van der Waals surface area contributed by atoms with Crippen LogP contribution in [-0.4, -0.2) is 23.7 Å². The largest absolute Gasteiger partial charge is 0.483 e. The van der Waals surface area contributed by atoms with E-state index >= 15 is 0 Å². The van der Waals surface area contributed by atoms with E-state index < -0.39 is 0 Å². The third kappa shape index (κ3) is 4.10. The number of nitrogens with one attached hydrogen (secondary N) is 2. The number of hydrogen-bond acceptors (Lipinski definition) is 3. The van der Waals surface area contributed by atoms with E-state index in [4.69, 9.17) is 4.74 Å². The molecule has 0 bridgehead atoms. The van der Waals surface area contributed by atoms with Gasteiger partial charge in [0.05, 0.1) is 11.9 Å². The zero-order valence-electron chi connectivity index (χ0n) is 13.0. The fourth-order valence-corrected chi connectivity index (χ4v) is 2.22. The van der Waals surface area contributed by atoms with Crippen molar-refractivity contribution in [2.75, 3.05) is 6.61 Å². The van der Waals surface area contributed by atoms with Gasteiger partial charge in [0.15, 0.2) is 6.61 Å². The van der Waals surface area contributed by atoms with Gasteiger partial charge in [0.1, 0.15) is 5.75 Å². The lowest BCUT2D eigenvalue weighted by molar-refractivity contribution is -0.123. The molecule has 5 heteroatoms. The third-order valence-corrected chi connectivity index (χ3v) is 3.35. The Kier molecular flexibility index (Phi) is 5.04. The van der Waals surface area contributed by atoms with E-state index in [2.05, 4.69) is 15.5 Å². The molecule has 0 aliphatic carbocycles. The van der Waals surface area contributed by atoms with Gasteiger partial charge in [0, 0.05) is 11.8 Å². The van der Waals surface area contributed by atoms with Gasteiger partial charge in [0.25, 0.3) is 5.91 Å². The second-order valence-electron chi connectivity index (χ2n) is 5.07. The summed E-state index contributed by atoms with van der Waals surface area (Å²) in [6.45, 7) is -0.105. The molecule has 0 aliphatic rings. The smallest absolute Gasteiger partial charge is 0.277 e. The van der Waals surface area contributed by atoms with Crippen LogP contribution in [0.4, 0.5) is 0 Å². The van der Waals surface area contributed by atoms with Crippen LogP contribution in [0.5, 0.6) is 5.75 Å². The molecule has 0 unspecified atom stereocenters. The van der Waals surface area contributed by atoms with Gasteiger partial charge in [-0.25, -0.2) is 5.43 Å². The number of carbonyl (C=O) groups is 1. The molecule has 2 N–H and O–H groups in total. The minimum atomic E-state index is -0.319. The number of aromatic nitrogens is 1. The van der Waals surface area contributed by atoms with Crippen molar-refractivity contribution < 1.29 is 9.53 Å². The van der Waals surface area contributed by atoms with Gasteiger partial charge in [-0.15, -0.1) is 0 Å². The second-order valence-corrected chi connectivity index (χ2v) is 5.07. The summed E-state index contributed by atoms with van der Waals surface area (Å²) < 4.78 is 5.65. The molecule has 120 valence electrons. The maximum absolute atomic E-state index is 11.8. The Balaban J connectivity index is 1.60. The first-order valence-corrected chi connectivity index (χ1v) is 7.55. The molecule has 24 heavy (non-hydrogen) atoms. The zero-order valence-corrected chi connectivity index (χ0v) is 13.0. The van der Waals surface area contributed by atoms with Crippen molar-refractivity contribution in [3.05, 3.63) is 78.6 Å². The minimum absolute atomic E-state index is 0.105. The van der Waals surface area contributed by atoms with Crippen molar-refractivity contribution in [1.82, 2.24) is 10.4 Å². The second kappa shape index (κ2) is 7.78. The number of amides is 1. The van der Waals surface area contributed by atoms with Crippen LogP contribution in [0.3, 0.4) is 0 Å². The average Bonchev–Trinajstić information content (AvgIpc) is 3.14. The van der Waals surface area contributed by atoms with Gasteiger partial charge in [-0.05, 0) is 23.8 Å². The average molecular weight is 319 g/mol. The van der Waals surface area contributed by atoms with Gasteiger partial charge in [-0.2, -0.15) is 5.10 Å². The molecule has 1 aromatic heterocycles. The summed E-state index contributed by atoms with van der Waals surface area (Å²) >= 11 is 0. The number of aromatic amines is 1. The van der Waals surface area contributed by atoms with Crippen molar-refractivity contribution >= 4 is 12.1 Å². The number of carbonyl (C=O) groups excluding carboxylic acids is 1. The number of ether oxygens (including phenoxy) is 1. The SMILES string of the molecule is O=C(COc1ccccc1-c1ccccc1)N/N=C\c1ccc[nH]1. The number of hydrogen-bond donors (Lipinski definition) is 2. The molecule has 3 rings (SSSR count). The molecule has 0 fully saturated rings. The van der Waals surface area contributed by atoms with Crippen molar-refractivity contribution in [2.24, 2.45) is 5.10 Å². The summed E-state index contributed by atoms with van der Waals surface area (Å²) in [7, 11) is 0. The van der Waals surface area contributed by atoms with Crippen LogP contribution in [-0.2, 0) is 4.79 Å². The Morgan fingerprint density at radius 3 is 2.62 bits per heavy atom. The molecule has 0 aliphatic heterocycles. The fraction of sp³-hybridized carbons (Fsp3) is 0.0526. The number of nitrogens with zero attached hydrogens (tertiary/aromatic N) is 1. The monoisotopic (exact) mass is 319 g/mol. The van der Waals surface area contributed by atoms with Gasteiger partial charge in [-0.1, -0.05) is 48.5 Å². The summed E-state index contributed by atoms with van der Waals surface area (Å²) in [4.78, 5) is 14.8. The summed E-state index contributed by atoms with van der Waals surface area (Å²) in [6, 6.07) is 21.2. The fourth-order valence-electron chi connectivity index (χ4n) is 2.22. The van der Waals surface area contributed by atoms with Crippen molar-refractivity contribution in [1.29, 1.82) is 0 Å². The molecule has 0 spiro atoms. The Morgan fingerprint density at radius 2 is 1.83 bits per heavy atom. The summed E-state index contributed by atoms with van der Waals surface area (Å²) in [6.07, 6.45) is 3.32. The van der Waals surface area contributed by atoms with E-state index in [9.17, 15) is 4.79 Å². The van der Waals surface area contributed by atoms with Crippen LogP contribution in [0.1, 0.15) is 5.69 Å². The van der Waals surface area contributed by atoms with Gasteiger partial charge >= 0.3 is 0 Å². The van der Waals surface area contributed by atoms with Crippen LogP contribution in [0.25, 0.3) is 11.1 Å². The van der Waals surface area contributed by atoms with Crippen molar-refractivity contribution in [2.45, 2.75) is 0 Å². The normalized spacial score (nSPS) is 10.7. The number of benzene rings is 2. The van der Waals surface area contributed by atoms with Crippen LogP contribution < -0.4 is 10.2 Å². The van der Waals surface area contributed by atoms with E-state index in [1.165, 1.54) is 6.21 Å². The van der Waals surface area contributed by atoms with Crippen LogP contribution >= 0.6 is 0 Å². The molecule has 0 radical (unpaired) electrons. The first kappa shape index (κ1) is 15.6. The first-order valence-electron chi connectivity index (χ1n) is 7.55. The zero-order chi connectivity index (χ0) is 16.6. The summed E-state index contributed by atoms with van der Waals surface area (Å²) in [5.74, 6) is 0.341. The summed E-state index contributed by atoms with van der Waals surface area (Å²) in [5.41, 5.74) is 5.23. The molecular formula is C19H17N3O2. The Labute approximate surface area is 140 Å². The molecule has 0 atom stereocenters. The molecule has 3 aromatic rings. The topological polar surface area (TPSA) is 66.5 Å². The lowest BCUT2D eigenvalue weighted by Crippen LogP contribution is -2.24. The van der Waals surface area contributed by atoms with E-state index in [1.807, 2.05) is 66.7 Å². The highest BCUT2D eigenvalue weighted by molar-refractivity contribution is 5.82. The highest BCUT2D eigenvalue weighted by atomic mass is 16.5. The number of hydrazone groups is 1. The van der Waals surface area contributed by atoms with Gasteiger partial charge in [0.2, 0.25) is 0 Å². The van der Waals surface area contributed by atoms with Crippen LogP contribution in [0.2, 0.25) is 0 Å². The van der Waals surface area contributed by atoms with E-state index in [-0.39, 0.29) is 12.5 Å². The molecular weight excluding hydrogens is 302 g/mol. The first-order chi connectivity index (χ1) is 11.8. The molecule has 0 saturated carbocycles. The van der Waals surface area contributed by atoms with Gasteiger partial charge < -0.3 is 9.72 Å². The molecule has 2 aromatic carbocycles. The molecule has 1 heterocycles. The quantitative estimate of drug-likeness (QED) is 0.541. The molecule has 1 amide bonds. The van der Waals surface area contributed by atoms with Crippen molar-refractivity contribution in [3.8, 4) is 16.9 Å². The van der Waals surface area contributed by atoms with E-state index in [1.54, 1.807) is 6.20 Å². The molecule has 0 saturated heterocycles. The Morgan fingerprint density at radius 1 is 1.04 bits per heavy atom. The third-order valence-electron chi connectivity index (χ3n) is 3.35. The summed E-state index contributed by atoms with van der Waals surface area (Å²) in [5, 5.41) is 3.87. The van der Waals surface area contributed by atoms with E-state index in [0.717, 1.165) is 16.8 Å². The van der Waals surface area contributed by atoms with Crippen LogP contribution in [0, 0.1) is 0 Å². The highest BCUT2D eigenvalue weighted by Gasteiger charge is 2.07. The van der Waals surface area contributed by atoms with E-state index in [0.29, 0.717) is 5.75 Å². The highest BCUT2D eigenvalue weighted by Crippen LogP contribution is 2.29. The van der Waals surface area contributed by atoms with Gasteiger partial charge in [-0.3, -0.25) is 4.79 Å². The Hall–Kier alpha value is -3.34. The number of para-hydroxylation sites is 1. The predicted molar refractivity (Wildman–Crippen MR) is 93.9 cm³/mol. The number of H-pyrrole nitrogens is 1. The van der Waals surface area contributed by atoms with Crippen molar-refractivity contribution in [3.63, 3.8) is 0 Å². The Bertz CT molecular complexity index is 812. The lowest BCUT2D eigenvalue weighted by atomic mass is 10.1. The maximum Gasteiger partial charge on any atom is 0.277 e. The molecule has 5 nitrogen and oxygen atoms in total. The maximum atomic E-state index is 11.8. The number of rotatable bonds is 6. The van der Waals surface area contributed by atoms with Crippen LogP contribution in [0.15, 0.2) is 78.0 Å². The predicted octanol–water partition coefficient (Wildman–Crippen LogP) is 3.21. The standard InChI is InChI=1S/C19H17N3O2/c23-19(22-21-13-16-9-6-12-20-16)14-24-18-11-5-4-10-17(18)15-7-2-1-3-8-15/h1-13,20H,14H2,(H,22,23)/b21-13-. The lowest BCUT2D eigenvalue weighted by Gasteiger charge is -2.10. The minimum Gasteiger partial charge on any atom is -0.483 e.